The summed E-state index contributed by atoms with van der Waals surface area (Å²) in [6.45, 7) is 6.88. The van der Waals surface area contributed by atoms with Gasteiger partial charge < -0.3 is 10.3 Å². The SMILES string of the molecule is Cc1nc2c(F)cc(-c3c(F)cn4nc(N)nc(CC(C)(C)C)c34)cc2n1CC(F)F. The quantitative estimate of drug-likeness (QED) is 0.470. The maximum atomic E-state index is 15.1. The highest BCUT2D eigenvalue weighted by Crippen LogP contribution is 2.36. The zero-order chi connectivity index (χ0) is 22.7. The van der Waals surface area contributed by atoms with Crippen LogP contribution in [-0.2, 0) is 13.0 Å². The molecule has 0 fully saturated rings. The van der Waals surface area contributed by atoms with Crippen LogP contribution in [0.25, 0.3) is 27.7 Å². The Morgan fingerprint density at radius 1 is 1.10 bits per heavy atom. The molecular weight excluding hydrogens is 412 g/mol. The van der Waals surface area contributed by atoms with Crippen LogP contribution in [0, 0.1) is 24.0 Å². The Bertz CT molecular complexity index is 1300. The third-order valence-corrected chi connectivity index (χ3v) is 4.98. The topological polar surface area (TPSA) is 74.0 Å². The molecule has 3 aromatic heterocycles. The number of hydrogen-bond acceptors (Lipinski definition) is 4. The molecular formula is C21H22F4N6. The zero-order valence-electron chi connectivity index (χ0n) is 17.5. The van der Waals surface area contributed by atoms with Crippen LogP contribution >= 0.6 is 0 Å². The molecule has 4 rings (SSSR count). The molecule has 0 bridgehead atoms. The van der Waals surface area contributed by atoms with Crippen molar-refractivity contribution < 1.29 is 17.6 Å². The van der Waals surface area contributed by atoms with E-state index in [4.69, 9.17) is 5.73 Å². The van der Waals surface area contributed by atoms with Crippen LogP contribution in [0.1, 0.15) is 32.3 Å². The fourth-order valence-electron chi connectivity index (χ4n) is 3.85. The van der Waals surface area contributed by atoms with Gasteiger partial charge in [0, 0.05) is 5.56 Å². The number of hydrogen-bond donors (Lipinski definition) is 1. The lowest BCUT2D eigenvalue weighted by atomic mass is 9.89. The zero-order valence-corrected chi connectivity index (χ0v) is 17.5. The van der Waals surface area contributed by atoms with Gasteiger partial charge in [0.25, 0.3) is 6.43 Å². The van der Waals surface area contributed by atoms with Gasteiger partial charge in [0.1, 0.15) is 11.3 Å². The Labute approximate surface area is 175 Å². The fraction of sp³-hybridized carbons (Fsp3) is 0.381. The smallest absolute Gasteiger partial charge is 0.256 e. The van der Waals surface area contributed by atoms with E-state index < -0.39 is 24.6 Å². The minimum atomic E-state index is -2.65. The Kier molecular flexibility index (Phi) is 4.90. The lowest BCUT2D eigenvalue weighted by Gasteiger charge is -2.18. The number of aryl methyl sites for hydroxylation is 1. The number of nitrogens with two attached hydrogens (primary N) is 1. The highest BCUT2D eigenvalue weighted by atomic mass is 19.3. The Hall–Kier alpha value is -3.17. The van der Waals surface area contributed by atoms with Crippen molar-refractivity contribution in [3.8, 4) is 11.1 Å². The minimum absolute atomic E-state index is 0.0134. The first kappa shape index (κ1) is 21.1. The van der Waals surface area contributed by atoms with Gasteiger partial charge in [-0.15, -0.1) is 5.10 Å². The van der Waals surface area contributed by atoms with Crippen molar-refractivity contribution in [2.45, 2.75) is 47.1 Å². The molecule has 3 heterocycles. The van der Waals surface area contributed by atoms with Crippen molar-refractivity contribution in [1.82, 2.24) is 24.1 Å². The molecule has 0 saturated carbocycles. The van der Waals surface area contributed by atoms with Gasteiger partial charge in [0.05, 0.1) is 29.5 Å². The van der Waals surface area contributed by atoms with Gasteiger partial charge in [0.2, 0.25) is 5.95 Å². The lowest BCUT2D eigenvalue weighted by molar-refractivity contribution is 0.127. The summed E-state index contributed by atoms with van der Waals surface area (Å²) in [5.74, 6) is -1.14. The summed E-state index contributed by atoms with van der Waals surface area (Å²) in [6.07, 6.45) is -1.03. The fourth-order valence-corrected chi connectivity index (χ4v) is 3.85. The molecule has 10 heteroatoms. The summed E-state index contributed by atoms with van der Waals surface area (Å²) < 4.78 is 58.6. The van der Waals surface area contributed by atoms with Crippen molar-refractivity contribution in [2.24, 2.45) is 5.41 Å². The minimum Gasteiger partial charge on any atom is -0.367 e. The van der Waals surface area contributed by atoms with Crippen LogP contribution in [0.3, 0.4) is 0 Å². The van der Waals surface area contributed by atoms with E-state index in [1.807, 2.05) is 20.8 Å². The number of benzene rings is 1. The maximum absolute atomic E-state index is 15.1. The molecule has 0 atom stereocenters. The van der Waals surface area contributed by atoms with Crippen LogP contribution in [0.5, 0.6) is 0 Å². The molecule has 0 aliphatic carbocycles. The number of rotatable bonds is 4. The van der Waals surface area contributed by atoms with E-state index in [1.54, 1.807) is 0 Å². The van der Waals surface area contributed by atoms with Crippen LogP contribution in [0.15, 0.2) is 18.3 Å². The van der Waals surface area contributed by atoms with E-state index in [9.17, 15) is 13.2 Å². The first-order valence-corrected chi connectivity index (χ1v) is 9.73. The summed E-state index contributed by atoms with van der Waals surface area (Å²) in [5, 5.41) is 4.05. The standard InChI is InChI=1S/C21H22F4N6/c1-10-27-18-12(22)5-11(6-15(18)30(10)9-16(24)25)17-13(23)8-31-19(17)14(7-21(2,3)4)28-20(26)29-31/h5-6,8,16H,7,9H2,1-4H3,(H2,26,29). The van der Waals surface area contributed by atoms with Crippen LogP contribution in [-0.4, -0.2) is 30.6 Å². The number of imidazole rings is 1. The first-order chi connectivity index (χ1) is 14.4. The summed E-state index contributed by atoms with van der Waals surface area (Å²) >= 11 is 0. The average Bonchev–Trinajstić information content (AvgIpc) is 3.10. The number of nitrogen functional groups attached to an aromatic ring is 1. The summed E-state index contributed by atoms with van der Waals surface area (Å²) in [5.41, 5.74) is 6.87. The number of aromatic nitrogens is 5. The second kappa shape index (κ2) is 7.21. The normalized spacial score (nSPS) is 12.5. The summed E-state index contributed by atoms with van der Waals surface area (Å²) in [7, 11) is 0. The predicted octanol–water partition coefficient (Wildman–Crippen LogP) is 4.77. The molecule has 2 N–H and O–H groups in total. The third-order valence-electron chi connectivity index (χ3n) is 4.98. The summed E-state index contributed by atoms with van der Waals surface area (Å²) in [4.78, 5) is 8.37. The highest BCUT2D eigenvalue weighted by molar-refractivity contribution is 5.89. The third kappa shape index (κ3) is 3.82. The van der Waals surface area contributed by atoms with Gasteiger partial charge in [-0.1, -0.05) is 20.8 Å². The first-order valence-electron chi connectivity index (χ1n) is 9.73. The number of halogens is 4. The van der Waals surface area contributed by atoms with Crippen molar-refractivity contribution >= 4 is 22.5 Å². The van der Waals surface area contributed by atoms with Crippen LogP contribution in [0.4, 0.5) is 23.5 Å². The van der Waals surface area contributed by atoms with Crippen molar-refractivity contribution in [3.05, 3.63) is 41.5 Å². The van der Waals surface area contributed by atoms with Crippen molar-refractivity contribution in [3.63, 3.8) is 0 Å². The van der Waals surface area contributed by atoms with Gasteiger partial charge >= 0.3 is 0 Å². The van der Waals surface area contributed by atoms with E-state index in [-0.39, 0.29) is 39.3 Å². The number of anilines is 1. The van der Waals surface area contributed by atoms with Crippen molar-refractivity contribution in [2.75, 3.05) is 5.73 Å². The van der Waals surface area contributed by atoms with Crippen molar-refractivity contribution in [1.29, 1.82) is 0 Å². The number of nitrogens with zero attached hydrogens (tertiary/aromatic N) is 5. The summed E-state index contributed by atoms with van der Waals surface area (Å²) in [6, 6.07) is 2.62. The van der Waals surface area contributed by atoms with E-state index in [2.05, 4.69) is 15.1 Å². The van der Waals surface area contributed by atoms with E-state index in [0.29, 0.717) is 17.6 Å². The van der Waals surface area contributed by atoms with Gasteiger partial charge in [-0.3, -0.25) is 0 Å². The molecule has 0 spiro atoms. The predicted molar refractivity (Wildman–Crippen MR) is 110 cm³/mol. The van der Waals surface area contributed by atoms with Crippen LogP contribution < -0.4 is 5.73 Å². The van der Waals surface area contributed by atoms with Crippen LogP contribution in [0.2, 0.25) is 0 Å². The van der Waals surface area contributed by atoms with Gasteiger partial charge in [0.15, 0.2) is 11.6 Å². The molecule has 0 saturated heterocycles. The van der Waals surface area contributed by atoms with E-state index >= 15 is 4.39 Å². The van der Waals surface area contributed by atoms with E-state index in [1.165, 1.54) is 22.1 Å². The maximum Gasteiger partial charge on any atom is 0.256 e. The van der Waals surface area contributed by atoms with Gasteiger partial charge in [-0.05, 0) is 36.5 Å². The Morgan fingerprint density at radius 3 is 2.45 bits per heavy atom. The molecule has 0 radical (unpaired) electrons. The molecule has 164 valence electrons. The highest BCUT2D eigenvalue weighted by Gasteiger charge is 2.24. The largest absolute Gasteiger partial charge is 0.367 e. The number of alkyl halides is 2. The molecule has 31 heavy (non-hydrogen) atoms. The molecule has 1 aromatic carbocycles. The van der Waals surface area contributed by atoms with Gasteiger partial charge in [-0.2, -0.15) is 0 Å². The lowest BCUT2D eigenvalue weighted by Crippen LogP contribution is -2.14. The average molecular weight is 434 g/mol. The molecule has 0 aliphatic rings. The molecule has 4 aromatic rings. The Balaban J connectivity index is 2.01. The molecule has 0 unspecified atom stereocenters. The van der Waals surface area contributed by atoms with E-state index in [0.717, 1.165) is 12.3 Å². The molecule has 6 nitrogen and oxygen atoms in total. The second-order valence-corrected chi connectivity index (χ2v) is 8.79. The second-order valence-electron chi connectivity index (χ2n) is 8.79. The molecule has 0 amide bonds. The monoisotopic (exact) mass is 434 g/mol. The Morgan fingerprint density at radius 2 is 1.81 bits per heavy atom. The van der Waals surface area contributed by atoms with Gasteiger partial charge in [-0.25, -0.2) is 32.0 Å². The molecule has 0 aliphatic heterocycles. The number of fused-ring (bicyclic) bond motifs is 2.